The third-order valence-electron chi connectivity index (χ3n) is 3.79. The molecule has 184 valence electrons. The van der Waals surface area contributed by atoms with Crippen molar-refractivity contribution in [2.75, 3.05) is 6.54 Å². The topological polar surface area (TPSA) is 239 Å². The second kappa shape index (κ2) is 18.5. The predicted octanol–water partition coefficient (Wildman–Crippen LogP) is -0.260. The van der Waals surface area contributed by atoms with Gasteiger partial charge < -0.3 is 42.9 Å². The van der Waals surface area contributed by atoms with Crippen LogP contribution in [0.15, 0.2) is 0 Å². The summed E-state index contributed by atoms with van der Waals surface area (Å²) in [5.41, 5.74) is 15.2. The molecule has 31 heavy (non-hydrogen) atoms. The number of nitrogens with one attached hydrogen (secondary N) is 1. The van der Waals surface area contributed by atoms with E-state index in [4.69, 9.17) is 37.6 Å². The average molecular weight is 453 g/mol. The summed E-state index contributed by atoms with van der Waals surface area (Å²) in [6, 6.07) is -2.40. The van der Waals surface area contributed by atoms with Crippen LogP contribution in [-0.4, -0.2) is 75.0 Å². The summed E-state index contributed by atoms with van der Waals surface area (Å²) in [7, 11) is 0. The molecule has 0 spiro atoms. The third kappa shape index (κ3) is 22.2. The molecule has 0 aromatic carbocycles. The number of carboxylic acid groups (broad SMARTS) is 4. The molecular weight excluding hydrogens is 412 g/mol. The van der Waals surface area contributed by atoms with Crippen LogP contribution in [0.1, 0.15) is 53.9 Å². The summed E-state index contributed by atoms with van der Waals surface area (Å²) in [6.45, 7) is 9.72. The van der Waals surface area contributed by atoms with Crippen molar-refractivity contribution in [3.8, 4) is 0 Å². The minimum Gasteiger partial charge on any atom is -0.480 e. The van der Waals surface area contributed by atoms with E-state index >= 15 is 0 Å². The maximum absolute atomic E-state index is 10.1. The van der Waals surface area contributed by atoms with Crippen LogP contribution in [0.4, 0.5) is 0 Å². The van der Waals surface area contributed by atoms with E-state index in [0.29, 0.717) is 12.3 Å². The molecular formula is C19H40N4O8. The Morgan fingerprint density at radius 1 is 0.871 bits per heavy atom. The lowest BCUT2D eigenvalue weighted by Crippen LogP contribution is -2.34. The van der Waals surface area contributed by atoms with Gasteiger partial charge >= 0.3 is 23.9 Å². The molecule has 0 aromatic heterocycles. The Morgan fingerprint density at radius 3 is 1.42 bits per heavy atom. The van der Waals surface area contributed by atoms with Crippen LogP contribution >= 0.6 is 0 Å². The maximum atomic E-state index is 10.1. The SMILES string of the molecule is CC(C)C(N)C(=O)O.CC(C)CC(N)C(=O)O.CC(N)C(=O)O.O=C(O)C1CCCN1. The van der Waals surface area contributed by atoms with Crippen LogP contribution in [0.5, 0.6) is 0 Å². The highest BCUT2D eigenvalue weighted by Gasteiger charge is 2.20. The molecule has 1 heterocycles. The summed E-state index contributed by atoms with van der Waals surface area (Å²) in [5.74, 6) is -3.15. The lowest BCUT2D eigenvalue weighted by Gasteiger charge is -2.07. The minimum atomic E-state index is -0.963. The van der Waals surface area contributed by atoms with Crippen molar-refractivity contribution in [3.05, 3.63) is 0 Å². The molecule has 0 aliphatic carbocycles. The summed E-state index contributed by atoms with van der Waals surface area (Å²) >= 11 is 0. The van der Waals surface area contributed by atoms with Crippen LogP contribution in [0.25, 0.3) is 0 Å². The van der Waals surface area contributed by atoms with Gasteiger partial charge in [0.05, 0.1) is 0 Å². The van der Waals surface area contributed by atoms with E-state index < -0.39 is 42.0 Å². The van der Waals surface area contributed by atoms with Crippen molar-refractivity contribution in [2.24, 2.45) is 29.0 Å². The Balaban J connectivity index is -0.000000340. The number of rotatable bonds is 7. The van der Waals surface area contributed by atoms with Gasteiger partial charge in [-0.1, -0.05) is 27.7 Å². The van der Waals surface area contributed by atoms with E-state index in [-0.39, 0.29) is 12.0 Å². The first-order valence-electron chi connectivity index (χ1n) is 9.95. The van der Waals surface area contributed by atoms with E-state index in [1.165, 1.54) is 6.92 Å². The first-order valence-corrected chi connectivity index (χ1v) is 9.95. The third-order valence-corrected chi connectivity index (χ3v) is 3.79. The van der Waals surface area contributed by atoms with Crippen LogP contribution in [0.2, 0.25) is 0 Å². The Bertz CT molecular complexity index is 523. The standard InChI is InChI=1S/C6H13NO2.C5H9NO2.C5H11NO2.C3H7NO2/c1-4(2)3-5(7)6(8)9;7-5(8)4-2-1-3-6-4;1-3(2)4(6)5(7)8;1-2(4)3(5)6/h4-5H,3,7H2,1-2H3,(H,8,9);4,6H,1-3H2,(H,7,8);3-4H,6H2,1-2H3,(H,7,8);2H,4H2,1H3,(H,5,6). The molecule has 4 atom stereocenters. The smallest absolute Gasteiger partial charge is 0.320 e. The van der Waals surface area contributed by atoms with Gasteiger partial charge in [0.2, 0.25) is 0 Å². The highest BCUT2D eigenvalue weighted by molar-refractivity contribution is 5.74. The van der Waals surface area contributed by atoms with E-state index in [1.807, 2.05) is 13.8 Å². The molecule has 0 amide bonds. The molecule has 0 saturated carbocycles. The maximum Gasteiger partial charge on any atom is 0.320 e. The lowest BCUT2D eigenvalue weighted by molar-refractivity contribution is -0.140. The van der Waals surface area contributed by atoms with Gasteiger partial charge in [-0.15, -0.1) is 0 Å². The summed E-state index contributed by atoms with van der Waals surface area (Å²) in [5, 5.41) is 35.6. The van der Waals surface area contributed by atoms with E-state index in [0.717, 1.165) is 19.4 Å². The number of carbonyl (C=O) groups is 4. The Labute approximate surface area is 183 Å². The first kappa shape index (κ1) is 33.4. The van der Waals surface area contributed by atoms with Gasteiger partial charge in [0.15, 0.2) is 0 Å². The molecule has 0 bridgehead atoms. The zero-order valence-corrected chi connectivity index (χ0v) is 18.9. The van der Waals surface area contributed by atoms with E-state index in [9.17, 15) is 19.2 Å². The van der Waals surface area contributed by atoms with Crippen LogP contribution in [-0.2, 0) is 19.2 Å². The quantitative estimate of drug-likeness (QED) is 0.249. The molecule has 1 rings (SSSR count). The van der Waals surface area contributed by atoms with Crippen molar-refractivity contribution >= 4 is 23.9 Å². The normalized spacial score (nSPS) is 17.5. The number of aliphatic carboxylic acids is 4. The van der Waals surface area contributed by atoms with Gasteiger partial charge in [-0.25, -0.2) is 0 Å². The highest BCUT2D eigenvalue weighted by atomic mass is 16.4. The molecule has 1 aliphatic heterocycles. The molecule has 1 saturated heterocycles. The van der Waals surface area contributed by atoms with Gasteiger partial charge in [0.25, 0.3) is 0 Å². The van der Waals surface area contributed by atoms with Crippen molar-refractivity contribution in [1.82, 2.24) is 5.32 Å². The molecule has 12 heteroatoms. The zero-order chi connectivity index (χ0) is 25.3. The summed E-state index contributed by atoms with van der Waals surface area (Å²) < 4.78 is 0. The molecule has 12 nitrogen and oxygen atoms in total. The Hall–Kier alpha value is -2.28. The van der Waals surface area contributed by atoms with Gasteiger partial charge in [0, 0.05) is 0 Å². The average Bonchev–Trinajstić information content (AvgIpc) is 3.16. The number of hydrogen-bond donors (Lipinski definition) is 8. The minimum absolute atomic E-state index is 0.0208. The Morgan fingerprint density at radius 2 is 1.32 bits per heavy atom. The zero-order valence-electron chi connectivity index (χ0n) is 18.9. The van der Waals surface area contributed by atoms with Gasteiger partial charge in [-0.2, -0.15) is 0 Å². The molecule has 11 N–H and O–H groups in total. The van der Waals surface area contributed by atoms with Crippen LogP contribution in [0, 0.1) is 11.8 Å². The molecule has 1 fully saturated rings. The lowest BCUT2D eigenvalue weighted by atomic mass is 10.1. The predicted molar refractivity (Wildman–Crippen MR) is 115 cm³/mol. The number of hydrogen-bond acceptors (Lipinski definition) is 8. The first-order chi connectivity index (χ1) is 14.0. The van der Waals surface area contributed by atoms with Gasteiger partial charge in [-0.05, 0) is 44.6 Å². The fourth-order valence-electron chi connectivity index (χ4n) is 1.79. The second-order valence-corrected chi connectivity index (χ2v) is 7.80. The fraction of sp³-hybridized carbons (Fsp3) is 0.789. The summed E-state index contributed by atoms with van der Waals surface area (Å²) in [6.07, 6.45) is 2.33. The van der Waals surface area contributed by atoms with Gasteiger partial charge in [0.1, 0.15) is 24.2 Å². The monoisotopic (exact) mass is 452 g/mol. The van der Waals surface area contributed by atoms with Crippen molar-refractivity contribution < 1.29 is 39.6 Å². The highest BCUT2D eigenvalue weighted by Crippen LogP contribution is 2.03. The van der Waals surface area contributed by atoms with Crippen LogP contribution in [0.3, 0.4) is 0 Å². The number of carboxylic acids is 4. The molecule has 4 unspecified atom stereocenters. The van der Waals surface area contributed by atoms with Crippen molar-refractivity contribution in [1.29, 1.82) is 0 Å². The molecule has 0 aromatic rings. The van der Waals surface area contributed by atoms with Crippen molar-refractivity contribution in [2.45, 2.75) is 78.0 Å². The second-order valence-electron chi connectivity index (χ2n) is 7.80. The Kier molecular flexibility index (Phi) is 19.9. The number of nitrogens with two attached hydrogens (primary N) is 3. The van der Waals surface area contributed by atoms with Crippen molar-refractivity contribution in [3.63, 3.8) is 0 Å². The summed E-state index contributed by atoms with van der Waals surface area (Å²) in [4.78, 5) is 39.8. The fourth-order valence-corrected chi connectivity index (χ4v) is 1.79. The van der Waals surface area contributed by atoms with Crippen LogP contribution < -0.4 is 22.5 Å². The largest absolute Gasteiger partial charge is 0.480 e. The van der Waals surface area contributed by atoms with E-state index in [1.54, 1.807) is 13.8 Å². The van der Waals surface area contributed by atoms with Gasteiger partial charge in [-0.3, -0.25) is 19.2 Å². The molecule has 0 radical (unpaired) electrons. The molecule has 1 aliphatic rings. The van der Waals surface area contributed by atoms with E-state index in [2.05, 4.69) is 5.32 Å².